The van der Waals surface area contributed by atoms with Crippen LogP contribution in [0.15, 0.2) is 52.7 Å². The number of ketones is 1. The molecule has 0 aliphatic heterocycles. The Kier molecular flexibility index (Phi) is 4.33. The Morgan fingerprint density at radius 3 is 2.33 bits per heavy atom. The Hall–Kier alpha value is -2.69. The standard InChI is InChI=1S/C16H15NO4/c1-10-11(2)15(18)9-8-14(10)17-21-16(19)12-4-6-13(20-3)7-5-12/h4-9H,1-3H3/b17-14+. The molecule has 5 heteroatoms. The molecule has 108 valence electrons. The van der Waals surface area contributed by atoms with E-state index in [1.54, 1.807) is 45.2 Å². The fraction of sp³-hybridized carbons (Fsp3) is 0.188. The Bertz CT molecular complexity index is 666. The molecule has 0 radical (unpaired) electrons. The van der Waals surface area contributed by atoms with E-state index in [0.717, 1.165) is 0 Å². The zero-order chi connectivity index (χ0) is 15.4. The molecule has 0 bridgehead atoms. The first kappa shape index (κ1) is 14.7. The molecule has 1 aromatic carbocycles. The Balaban J connectivity index is 2.11. The molecule has 0 aromatic heterocycles. The first-order valence-corrected chi connectivity index (χ1v) is 6.36. The minimum atomic E-state index is -0.569. The van der Waals surface area contributed by atoms with E-state index in [-0.39, 0.29) is 5.78 Å². The molecule has 0 amide bonds. The Morgan fingerprint density at radius 2 is 1.71 bits per heavy atom. The van der Waals surface area contributed by atoms with E-state index in [4.69, 9.17) is 9.57 Å². The average Bonchev–Trinajstić information content (AvgIpc) is 2.52. The summed E-state index contributed by atoms with van der Waals surface area (Å²) in [4.78, 5) is 28.2. The highest BCUT2D eigenvalue weighted by Crippen LogP contribution is 2.15. The van der Waals surface area contributed by atoms with Crippen LogP contribution in [0.1, 0.15) is 24.2 Å². The predicted molar refractivity (Wildman–Crippen MR) is 78.4 cm³/mol. The smallest absolute Gasteiger partial charge is 0.365 e. The highest BCUT2D eigenvalue weighted by atomic mass is 16.7. The minimum absolute atomic E-state index is 0.0621. The first-order chi connectivity index (χ1) is 10.0. The maximum absolute atomic E-state index is 11.9. The van der Waals surface area contributed by atoms with Gasteiger partial charge < -0.3 is 9.57 Å². The second kappa shape index (κ2) is 6.17. The van der Waals surface area contributed by atoms with Gasteiger partial charge in [0.15, 0.2) is 5.78 Å². The lowest BCUT2D eigenvalue weighted by Crippen LogP contribution is -2.12. The van der Waals surface area contributed by atoms with Crippen LogP contribution in [0.25, 0.3) is 0 Å². The van der Waals surface area contributed by atoms with E-state index in [0.29, 0.717) is 28.2 Å². The van der Waals surface area contributed by atoms with Crippen molar-refractivity contribution in [3.63, 3.8) is 0 Å². The molecular weight excluding hydrogens is 270 g/mol. The van der Waals surface area contributed by atoms with E-state index in [9.17, 15) is 9.59 Å². The highest BCUT2D eigenvalue weighted by molar-refractivity contribution is 6.21. The molecule has 2 rings (SSSR count). The van der Waals surface area contributed by atoms with Gasteiger partial charge in [-0.15, -0.1) is 0 Å². The van der Waals surface area contributed by atoms with Crippen LogP contribution >= 0.6 is 0 Å². The molecule has 0 atom stereocenters. The van der Waals surface area contributed by atoms with Gasteiger partial charge >= 0.3 is 5.97 Å². The second-order valence-electron chi connectivity index (χ2n) is 4.53. The van der Waals surface area contributed by atoms with E-state index in [1.165, 1.54) is 12.2 Å². The summed E-state index contributed by atoms with van der Waals surface area (Å²) >= 11 is 0. The molecule has 0 spiro atoms. The molecule has 0 unspecified atom stereocenters. The van der Waals surface area contributed by atoms with Crippen molar-refractivity contribution in [2.75, 3.05) is 7.11 Å². The number of rotatable bonds is 3. The summed E-state index contributed by atoms with van der Waals surface area (Å²) in [5, 5.41) is 3.81. The fourth-order valence-corrected chi connectivity index (χ4v) is 1.75. The molecule has 0 saturated heterocycles. The zero-order valence-electron chi connectivity index (χ0n) is 12.0. The van der Waals surface area contributed by atoms with E-state index < -0.39 is 5.97 Å². The maximum Gasteiger partial charge on any atom is 0.365 e. The van der Waals surface area contributed by atoms with Crippen molar-refractivity contribution >= 4 is 17.5 Å². The molecule has 0 heterocycles. The number of methoxy groups -OCH3 is 1. The fourth-order valence-electron chi connectivity index (χ4n) is 1.75. The van der Waals surface area contributed by atoms with Crippen molar-refractivity contribution in [2.45, 2.75) is 13.8 Å². The quantitative estimate of drug-likeness (QED) is 0.486. The lowest BCUT2D eigenvalue weighted by molar-refractivity contribution is -0.111. The van der Waals surface area contributed by atoms with Gasteiger partial charge in [0.2, 0.25) is 0 Å². The molecule has 1 aliphatic carbocycles. The monoisotopic (exact) mass is 285 g/mol. The van der Waals surface area contributed by atoms with Crippen molar-refractivity contribution in [3.8, 4) is 5.75 Å². The molecule has 1 aliphatic rings. The van der Waals surface area contributed by atoms with Crippen LogP contribution in [0, 0.1) is 0 Å². The van der Waals surface area contributed by atoms with E-state index >= 15 is 0 Å². The van der Waals surface area contributed by atoms with Crippen molar-refractivity contribution < 1.29 is 19.2 Å². The molecular formula is C16H15NO4. The van der Waals surface area contributed by atoms with Gasteiger partial charge in [-0.3, -0.25) is 4.79 Å². The summed E-state index contributed by atoms with van der Waals surface area (Å²) in [7, 11) is 1.55. The molecule has 0 fully saturated rings. The number of nitrogens with zero attached hydrogens (tertiary/aromatic N) is 1. The first-order valence-electron chi connectivity index (χ1n) is 6.36. The third-order valence-corrected chi connectivity index (χ3v) is 3.26. The van der Waals surface area contributed by atoms with Crippen molar-refractivity contribution in [1.29, 1.82) is 0 Å². The Labute approximate surface area is 122 Å². The summed E-state index contributed by atoms with van der Waals surface area (Å²) in [5.41, 5.74) is 2.13. The summed E-state index contributed by atoms with van der Waals surface area (Å²) in [6.45, 7) is 3.47. The number of carbonyl (C=O) groups excluding carboxylic acids is 2. The third-order valence-electron chi connectivity index (χ3n) is 3.26. The SMILES string of the molecule is COc1ccc(C(=O)O/N=C2\C=CC(=O)C(C)=C2C)cc1. The van der Waals surface area contributed by atoms with Crippen LogP contribution in [-0.4, -0.2) is 24.6 Å². The topological polar surface area (TPSA) is 65.0 Å². The largest absolute Gasteiger partial charge is 0.497 e. The zero-order valence-corrected chi connectivity index (χ0v) is 12.0. The van der Waals surface area contributed by atoms with Gasteiger partial charge in [-0.1, -0.05) is 5.16 Å². The van der Waals surface area contributed by atoms with Crippen LogP contribution in [0.4, 0.5) is 0 Å². The van der Waals surface area contributed by atoms with Crippen LogP contribution in [-0.2, 0) is 9.63 Å². The summed E-state index contributed by atoms with van der Waals surface area (Å²) in [6, 6.07) is 6.52. The maximum atomic E-state index is 11.9. The van der Waals surface area contributed by atoms with Crippen molar-refractivity contribution in [3.05, 3.63) is 53.1 Å². The number of allylic oxidation sites excluding steroid dienone is 4. The number of ether oxygens (including phenoxy) is 1. The number of benzene rings is 1. The Morgan fingerprint density at radius 1 is 1.05 bits per heavy atom. The van der Waals surface area contributed by atoms with E-state index in [2.05, 4.69) is 5.16 Å². The molecule has 5 nitrogen and oxygen atoms in total. The van der Waals surface area contributed by atoms with Gasteiger partial charge in [0.25, 0.3) is 0 Å². The summed E-state index contributed by atoms with van der Waals surface area (Å²) in [5.74, 6) is 0.0230. The second-order valence-corrected chi connectivity index (χ2v) is 4.53. The van der Waals surface area contributed by atoms with Crippen LogP contribution < -0.4 is 4.74 Å². The van der Waals surface area contributed by atoms with Gasteiger partial charge in [-0.25, -0.2) is 4.79 Å². The number of hydrogen-bond acceptors (Lipinski definition) is 5. The lowest BCUT2D eigenvalue weighted by atomic mass is 9.97. The van der Waals surface area contributed by atoms with Crippen molar-refractivity contribution in [1.82, 2.24) is 0 Å². The number of oxime groups is 1. The van der Waals surface area contributed by atoms with Crippen LogP contribution in [0.5, 0.6) is 5.75 Å². The molecule has 1 aromatic rings. The van der Waals surface area contributed by atoms with Gasteiger partial charge in [0.05, 0.1) is 12.7 Å². The van der Waals surface area contributed by atoms with Gasteiger partial charge in [-0.05, 0) is 55.8 Å². The van der Waals surface area contributed by atoms with Crippen LogP contribution in [0.2, 0.25) is 0 Å². The van der Waals surface area contributed by atoms with E-state index in [1.807, 2.05) is 0 Å². The van der Waals surface area contributed by atoms with Gasteiger partial charge in [0.1, 0.15) is 11.5 Å². The predicted octanol–water partition coefficient (Wildman–Crippen LogP) is 2.68. The normalized spacial score (nSPS) is 16.3. The molecule has 21 heavy (non-hydrogen) atoms. The van der Waals surface area contributed by atoms with Gasteiger partial charge in [-0.2, -0.15) is 0 Å². The summed E-state index contributed by atoms with van der Waals surface area (Å²) in [6.07, 6.45) is 2.94. The third kappa shape index (κ3) is 3.25. The van der Waals surface area contributed by atoms with Crippen LogP contribution in [0.3, 0.4) is 0 Å². The van der Waals surface area contributed by atoms with Crippen molar-refractivity contribution in [2.24, 2.45) is 5.16 Å². The summed E-state index contributed by atoms with van der Waals surface area (Å²) < 4.78 is 5.01. The average molecular weight is 285 g/mol. The highest BCUT2D eigenvalue weighted by Gasteiger charge is 2.15. The number of hydrogen-bond donors (Lipinski definition) is 0. The lowest BCUT2D eigenvalue weighted by Gasteiger charge is -2.09. The molecule has 0 saturated carbocycles. The molecule has 0 N–H and O–H groups in total. The number of carbonyl (C=O) groups is 2. The van der Waals surface area contributed by atoms with Gasteiger partial charge in [0, 0.05) is 5.57 Å². The minimum Gasteiger partial charge on any atom is -0.497 e.